The zero-order valence-electron chi connectivity index (χ0n) is 15.6. The molecule has 0 atom stereocenters. The van der Waals surface area contributed by atoms with Gasteiger partial charge in [-0.05, 0) is 38.8 Å². The number of benzene rings is 1. The van der Waals surface area contributed by atoms with E-state index in [2.05, 4.69) is 27.0 Å². The van der Waals surface area contributed by atoms with Crippen molar-refractivity contribution in [1.82, 2.24) is 16.0 Å². The fraction of sp³-hybridized carbons (Fsp3) is 0.556. The third kappa shape index (κ3) is 10.2. The van der Waals surface area contributed by atoms with E-state index in [1.165, 1.54) is 0 Å². The minimum absolute atomic E-state index is 0. The molecule has 0 fully saturated rings. The van der Waals surface area contributed by atoms with Crippen molar-refractivity contribution in [1.29, 1.82) is 0 Å². The molecule has 1 rings (SSSR count). The maximum absolute atomic E-state index is 11.6. The van der Waals surface area contributed by atoms with Gasteiger partial charge in [-0.1, -0.05) is 18.2 Å². The van der Waals surface area contributed by atoms with Crippen LogP contribution in [0.4, 0.5) is 0 Å². The molecule has 3 N–H and O–H groups in total. The first-order chi connectivity index (χ1) is 11.6. The van der Waals surface area contributed by atoms with Crippen molar-refractivity contribution in [3.63, 3.8) is 0 Å². The molecule has 7 heteroatoms. The van der Waals surface area contributed by atoms with Crippen LogP contribution in [-0.4, -0.2) is 44.7 Å². The number of hydrogen-bond donors (Lipinski definition) is 3. The summed E-state index contributed by atoms with van der Waals surface area (Å²) in [5, 5.41) is 9.34. The van der Waals surface area contributed by atoms with Gasteiger partial charge in [0, 0.05) is 25.6 Å². The van der Waals surface area contributed by atoms with Crippen LogP contribution in [0, 0.1) is 0 Å². The van der Waals surface area contributed by atoms with Crippen molar-refractivity contribution in [3.8, 4) is 5.75 Å². The van der Waals surface area contributed by atoms with E-state index in [0.29, 0.717) is 13.0 Å². The van der Waals surface area contributed by atoms with Crippen LogP contribution in [0.5, 0.6) is 5.75 Å². The molecule has 0 bridgehead atoms. The topological polar surface area (TPSA) is 74.8 Å². The highest BCUT2D eigenvalue weighted by Gasteiger charge is 2.04. The second-order valence-electron chi connectivity index (χ2n) is 5.72. The highest BCUT2D eigenvalue weighted by molar-refractivity contribution is 14.0. The third-order valence-corrected chi connectivity index (χ3v) is 3.28. The largest absolute Gasteiger partial charge is 0.496 e. The molecular weight excluding hydrogens is 431 g/mol. The Morgan fingerprint density at radius 1 is 1.24 bits per heavy atom. The average molecular weight is 462 g/mol. The van der Waals surface area contributed by atoms with Crippen LogP contribution >= 0.6 is 24.0 Å². The molecule has 0 saturated heterocycles. The fourth-order valence-corrected chi connectivity index (χ4v) is 2.23. The highest BCUT2D eigenvalue weighted by Crippen LogP contribution is 2.17. The number of rotatable bonds is 9. The van der Waals surface area contributed by atoms with E-state index >= 15 is 0 Å². The summed E-state index contributed by atoms with van der Waals surface area (Å²) >= 11 is 0. The van der Waals surface area contributed by atoms with E-state index in [1.807, 2.05) is 39.0 Å². The first kappa shape index (κ1) is 23.5. The molecule has 0 aliphatic rings. The molecule has 142 valence electrons. The van der Waals surface area contributed by atoms with Gasteiger partial charge in [-0.3, -0.25) is 9.79 Å². The van der Waals surface area contributed by atoms with E-state index in [9.17, 15) is 4.79 Å². The standard InChI is InChI=1S/C18H30N4O2.HI/c1-5-19-18(21-13-11-17(23)22-14(2)3)20-12-10-15-8-6-7-9-16(15)24-4;/h6-9,14H,5,10-13H2,1-4H3,(H,22,23)(H2,19,20,21);1H. The van der Waals surface area contributed by atoms with Gasteiger partial charge < -0.3 is 20.7 Å². The molecule has 0 spiro atoms. The number of nitrogens with one attached hydrogen (secondary N) is 3. The van der Waals surface area contributed by atoms with Crippen molar-refractivity contribution in [3.05, 3.63) is 29.8 Å². The Morgan fingerprint density at radius 2 is 1.96 bits per heavy atom. The molecule has 0 unspecified atom stereocenters. The van der Waals surface area contributed by atoms with Gasteiger partial charge in [0.2, 0.25) is 5.91 Å². The monoisotopic (exact) mass is 462 g/mol. The van der Waals surface area contributed by atoms with Gasteiger partial charge in [0.1, 0.15) is 5.75 Å². The predicted molar refractivity (Wildman–Crippen MR) is 114 cm³/mol. The summed E-state index contributed by atoms with van der Waals surface area (Å²) in [6.07, 6.45) is 1.23. The Labute approximate surface area is 168 Å². The first-order valence-electron chi connectivity index (χ1n) is 8.50. The molecule has 0 aromatic heterocycles. The normalized spacial score (nSPS) is 10.8. The minimum atomic E-state index is 0. The van der Waals surface area contributed by atoms with Gasteiger partial charge in [0.15, 0.2) is 5.96 Å². The maximum Gasteiger partial charge on any atom is 0.222 e. The number of hydrogen-bond acceptors (Lipinski definition) is 3. The van der Waals surface area contributed by atoms with Gasteiger partial charge in [-0.15, -0.1) is 24.0 Å². The number of methoxy groups -OCH3 is 1. The van der Waals surface area contributed by atoms with Crippen LogP contribution in [0.1, 0.15) is 32.8 Å². The first-order valence-corrected chi connectivity index (χ1v) is 8.50. The Hall–Kier alpha value is -1.51. The van der Waals surface area contributed by atoms with E-state index in [-0.39, 0.29) is 35.9 Å². The minimum Gasteiger partial charge on any atom is -0.496 e. The lowest BCUT2D eigenvalue weighted by Crippen LogP contribution is -2.38. The zero-order valence-corrected chi connectivity index (χ0v) is 17.9. The highest BCUT2D eigenvalue weighted by atomic mass is 127. The van der Waals surface area contributed by atoms with Gasteiger partial charge in [0.05, 0.1) is 13.7 Å². The number of aliphatic imine (C=N–C) groups is 1. The number of guanidine groups is 1. The lowest BCUT2D eigenvalue weighted by Gasteiger charge is -2.13. The Balaban J connectivity index is 0.00000576. The van der Waals surface area contributed by atoms with Gasteiger partial charge in [-0.25, -0.2) is 0 Å². The number of carbonyl (C=O) groups excluding carboxylic acids is 1. The molecule has 1 amide bonds. The summed E-state index contributed by atoms with van der Waals surface area (Å²) in [5.74, 6) is 1.65. The van der Waals surface area contributed by atoms with Gasteiger partial charge in [-0.2, -0.15) is 0 Å². The van der Waals surface area contributed by atoms with Gasteiger partial charge >= 0.3 is 0 Å². The lowest BCUT2D eigenvalue weighted by molar-refractivity contribution is -0.121. The smallest absolute Gasteiger partial charge is 0.222 e. The number of amides is 1. The molecular formula is C18H31IN4O2. The molecule has 6 nitrogen and oxygen atoms in total. The summed E-state index contributed by atoms with van der Waals surface area (Å²) < 4.78 is 5.36. The summed E-state index contributed by atoms with van der Waals surface area (Å²) in [5.41, 5.74) is 1.15. The fourth-order valence-electron chi connectivity index (χ4n) is 2.23. The quantitative estimate of drug-likeness (QED) is 0.299. The summed E-state index contributed by atoms with van der Waals surface area (Å²) in [6.45, 7) is 7.89. The van der Waals surface area contributed by atoms with Crippen LogP contribution in [0.3, 0.4) is 0 Å². The number of nitrogens with zero attached hydrogens (tertiary/aromatic N) is 1. The van der Waals surface area contributed by atoms with Crippen LogP contribution < -0.4 is 20.7 Å². The third-order valence-electron chi connectivity index (χ3n) is 3.28. The SMILES string of the molecule is CCNC(=NCCC(=O)NC(C)C)NCCc1ccccc1OC.I. The van der Waals surface area contributed by atoms with Gasteiger partial charge in [0.25, 0.3) is 0 Å². The van der Waals surface area contributed by atoms with E-state index in [0.717, 1.165) is 36.8 Å². The summed E-state index contributed by atoms with van der Waals surface area (Å²) in [7, 11) is 1.68. The van der Waals surface area contributed by atoms with Crippen molar-refractivity contribution in [2.24, 2.45) is 4.99 Å². The number of halogens is 1. The van der Waals surface area contributed by atoms with Crippen LogP contribution in [0.25, 0.3) is 0 Å². The van der Waals surface area contributed by atoms with E-state index in [4.69, 9.17) is 4.74 Å². The van der Waals surface area contributed by atoms with E-state index in [1.54, 1.807) is 7.11 Å². The molecule has 0 aliphatic heterocycles. The molecule has 1 aromatic rings. The van der Waals surface area contributed by atoms with Crippen molar-refractivity contribution in [2.45, 2.75) is 39.7 Å². The Bertz CT molecular complexity index is 536. The summed E-state index contributed by atoms with van der Waals surface area (Å²) in [4.78, 5) is 16.1. The molecule has 0 saturated carbocycles. The number of carbonyl (C=O) groups is 1. The molecule has 0 heterocycles. The summed E-state index contributed by atoms with van der Waals surface area (Å²) in [6, 6.07) is 8.14. The second kappa shape index (κ2) is 13.7. The van der Waals surface area contributed by atoms with E-state index < -0.39 is 0 Å². The lowest BCUT2D eigenvalue weighted by atomic mass is 10.1. The van der Waals surface area contributed by atoms with Crippen molar-refractivity contribution in [2.75, 3.05) is 26.7 Å². The second-order valence-corrected chi connectivity index (χ2v) is 5.72. The Morgan fingerprint density at radius 3 is 2.60 bits per heavy atom. The van der Waals surface area contributed by atoms with Crippen LogP contribution in [-0.2, 0) is 11.2 Å². The molecule has 25 heavy (non-hydrogen) atoms. The van der Waals surface area contributed by atoms with Crippen LogP contribution in [0.15, 0.2) is 29.3 Å². The molecule has 0 aliphatic carbocycles. The Kier molecular flexibility index (Phi) is 12.9. The zero-order chi connectivity index (χ0) is 17.8. The number of ether oxygens (including phenoxy) is 1. The van der Waals surface area contributed by atoms with Crippen molar-refractivity contribution >= 4 is 35.8 Å². The predicted octanol–water partition coefficient (Wildman–Crippen LogP) is 2.33. The average Bonchev–Trinajstić information content (AvgIpc) is 2.54. The maximum atomic E-state index is 11.6. The van der Waals surface area contributed by atoms with Crippen molar-refractivity contribution < 1.29 is 9.53 Å². The number of para-hydroxylation sites is 1. The molecule has 1 aromatic carbocycles. The van der Waals surface area contributed by atoms with Crippen LogP contribution in [0.2, 0.25) is 0 Å². The molecule has 0 radical (unpaired) electrons.